The highest BCUT2D eigenvalue weighted by Gasteiger charge is 2.49. The summed E-state index contributed by atoms with van der Waals surface area (Å²) in [6, 6.07) is 18.0. The molecule has 1 aliphatic rings. The first kappa shape index (κ1) is 40.0. The molecular formula is C33H32F6N4O7S2. The van der Waals surface area contributed by atoms with Gasteiger partial charge in [-0.05, 0) is 62.1 Å². The van der Waals surface area contributed by atoms with Crippen LogP contribution in [0.2, 0.25) is 0 Å². The van der Waals surface area contributed by atoms with Crippen molar-refractivity contribution in [2.75, 3.05) is 0 Å². The second-order valence-corrected chi connectivity index (χ2v) is 16.2. The van der Waals surface area contributed by atoms with E-state index >= 15 is 0 Å². The molecule has 1 fully saturated rings. The van der Waals surface area contributed by atoms with Crippen LogP contribution in [-0.2, 0) is 42.2 Å². The van der Waals surface area contributed by atoms with Gasteiger partial charge in [-0.2, -0.15) is 26.3 Å². The Kier molecular flexibility index (Phi) is 11.3. The lowest BCUT2D eigenvalue weighted by Crippen LogP contribution is -2.45. The third kappa shape index (κ3) is 9.37. The zero-order valence-electron chi connectivity index (χ0n) is 27.5. The minimum Gasteiger partial charge on any atom is -0.475 e. The van der Waals surface area contributed by atoms with Crippen molar-refractivity contribution >= 4 is 31.9 Å². The van der Waals surface area contributed by atoms with E-state index in [0.29, 0.717) is 22.9 Å². The van der Waals surface area contributed by atoms with Crippen molar-refractivity contribution in [2.24, 2.45) is 0 Å². The fourth-order valence-corrected chi connectivity index (χ4v) is 8.81. The molecule has 0 spiro atoms. The molecule has 4 aromatic rings. The van der Waals surface area contributed by atoms with Crippen LogP contribution in [0.25, 0.3) is 11.3 Å². The van der Waals surface area contributed by atoms with Gasteiger partial charge in [0.05, 0.1) is 40.4 Å². The molecule has 1 amide bonds. The van der Waals surface area contributed by atoms with Gasteiger partial charge >= 0.3 is 18.3 Å². The van der Waals surface area contributed by atoms with E-state index in [1.807, 2.05) is 30.3 Å². The topological polar surface area (TPSA) is 167 Å². The Balaban J connectivity index is 0.000000785. The number of hydrogen-bond donors (Lipinski definition) is 3. The lowest BCUT2D eigenvalue weighted by atomic mass is 10.0. The standard InChI is InChI=1S/C31H31F3N4O5S2.C2HF3O2/c1-30(2,3)38-28(39)18-27(45(38,42)43)22-14-12-20(13-15-22)16-25(29-35-19-26(36-29)21-8-5-4-6-9-21)37-44(40,41)24-11-7-10-23(17-24)31(32,33)34;3-2(4,5)1(6)7/h4-15,17,19,25,27,37H,16,18H2,1-3H3,(H,35,36);(H,6,7). The Morgan fingerprint density at radius 2 is 1.58 bits per heavy atom. The summed E-state index contributed by atoms with van der Waals surface area (Å²) in [6.07, 6.45) is -8.47. The van der Waals surface area contributed by atoms with Gasteiger partial charge in [0.1, 0.15) is 11.1 Å². The fourth-order valence-electron chi connectivity index (χ4n) is 5.33. The molecule has 19 heteroatoms. The number of carboxylic acids is 1. The molecule has 1 aliphatic heterocycles. The number of amides is 1. The Bertz CT molecular complexity index is 2130. The number of H-pyrrole nitrogens is 1. The molecule has 1 saturated heterocycles. The van der Waals surface area contributed by atoms with Crippen LogP contribution in [0.3, 0.4) is 0 Å². The first-order valence-corrected chi connectivity index (χ1v) is 18.2. The van der Waals surface area contributed by atoms with E-state index in [1.165, 1.54) is 6.20 Å². The van der Waals surface area contributed by atoms with Gasteiger partial charge < -0.3 is 10.1 Å². The predicted molar refractivity (Wildman–Crippen MR) is 175 cm³/mol. The van der Waals surface area contributed by atoms with Gasteiger partial charge in [-0.15, -0.1) is 0 Å². The van der Waals surface area contributed by atoms with Gasteiger partial charge in [0.15, 0.2) is 0 Å². The van der Waals surface area contributed by atoms with E-state index in [2.05, 4.69) is 14.7 Å². The molecule has 0 aliphatic carbocycles. The molecule has 0 saturated carbocycles. The van der Waals surface area contributed by atoms with E-state index < -0.39 is 71.6 Å². The van der Waals surface area contributed by atoms with E-state index in [0.717, 1.165) is 28.1 Å². The third-order valence-electron chi connectivity index (χ3n) is 7.62. The monoisotopic (exact) mass is 774 g/mol. The number of sulfonamides is 2. The predicted octanol–water partition coefficient (Wildman–Crippen LogP) is 6.39. The summed E-state index contributed by atoms with van der Waals surface area (Å²) < 4.78 is 128. The van der Waals surface area contributed by atoms with Crippen LogP contribution in [0.1, 0.15) is 61.0 Å². The number of aliphatic carboxylic acids is 1. The number of halogens is 6. The van der Waals surface area contributed by atoms with E-state index in [-0.39, 0.29) is 18.7 Å². The number of hydrogen-bond acceptors (Lipinski definition) is 7. The first-order valence-electron chi connectivity index (χ1n) is 15.2. The van der Waals surface area contributed by atoms with Crippen molar-refractivity contribution in [3.63, 3.8) is 0 Å². The molecule has 0 bridgehead atoms. The molecule has 2 heterocycles. The second kappa shape index (κ2) is 14.7. The fraction of sp³-hybridized carbons (Fsp3) is 0.303. The molecule has 280 valence electrons. The van der Waals surface area contributed by atoms with Gasteiger partial charge in [-0.1, -0.05) is 60.7 Å². The van der Waals surface area contributed by atoms with Crippen molar-refractivity contribution < 1.29 is 57.9 Å². The molecule has 11 nitrogen and oxygen atoms in total. The molecule has 0 radical (unpaired) electrons. The molecule has 52 heavy (non-hydrogen) atoms. The number of aromatic nitrogens is 2. The minimum atomic E-state index is -5.08. The maximum atomic E-state index is 13.4. The summed E-state index contributed by atoms with van der Waals surface area (Å²) in [6.45, 7) is 4.94. The number of aromatic amines is 1. The van der Waals surface area contributed by atoms with Crippen molar-refractivity contribution in [3.05, 3.63) is 108 Å². The van der Waals surface area contributed by atoms with Crippen LogP contribution >= 0.6 is 0 Å². The molecular weight excluding hydrogens is 743 g/mol. The first-order chi connectivity index (χ1) is 23.9. The number of imidazole rings is 1. The number of carboxylic acid groups (broad SMARTS) is 1. The Morgan fingerprint density at radius 1 is 0.981 bits per heavy atom. The molecule has 1 aromatic heterocycles. The smallest absolute Gasteiger partial charge is 0.475 e. The number of carbonyl (C=O) groups excluding carboxylic acids is 1. The van der Waals surface area contributed by atoms with E-state index in [1.54, 1.807) is 45.0 Å². The number of rotatable bonds is 8. The van der Waals surface area contributed by atoms with Crippen LogP contribution < -0.4 is 4.72 Å². The Labute approximate surface area is 294 Å². The van der Waals surface area contributed by atoms with Gasteiger partial charge in [0.2, 0.25) is 26.0 Å². The quantitative estimate of drug-likeness (QED) is 0.173. The van der Waals surface area contributed by atoms with Crippen LogP contribution in [0.4, 0.5) is 26.3 Å². The van der Waals surface area contributed by atoms with Gasteiger partial charge in [-0.25, -0.2) is 35.6 Å². The highest BCUT2D eigenvalue weighted by atomic mass is 32.2. The average molecular weight is 775 g/mol. The summed E-state index contributed by atoms with van der Waals surface area (Å²) in [7, 11) is -8.42. The van der Waals surface area contributed by atoms with Crippen molar-refractivity contribution in [1.82, 2.24) is 19.0 Å². The zero-order valence-corrected chi connectivity index (χ0v) is 29.2. The number of benzene rings is 3. The number of alkyl halides is 6. The highest BCUT2D eigenvalue weighted by Crippen LogP contribution is 2.40. The number of nitrogens with zero attached hydrogens (tertiary/aromatic N) is 2. The van der Waals surface area contributed by atoms with Crippen LogP contribution in [-0.4, -0.2) is 59.8 Å². The molecule has 2 unspecified atom stereocenters. The second-order valence-electron chi connectivity index (χ2n) is 12.6. The Hall–Kier alpha value is -4.75. The lowest BCUT2D eigenvalue weighted by molar-refractivity contribution is -0.192. The average Bonchev–Trinajstić information content (AvgIpc) is 3.63. The lowest BCUT2D eigenvalue weighted by Gasteiger charge is -2.30. The maximum absolute atomic E-state index is 13.4. The normalized spacial score (nSPS) is 17.0. The van der Waals surface area contributed by atoms with Crippen molar-refractivity contribution in [2.45, 2.75) is 67.7 Å². The van der Waals surface area contributed by atoms with Crippen LogP contribution in [0.5, 0.6) is 0 Å². The van der Waals surface area contributed by atoms with Crippen molar-refractivity contribution in [1.29, 1.82) is 0 Å². The summed E-state index contributed by atoms with van der Waals surface area (Å²) in [5.41, 5.74) is 0.357. The molecule has 5 rings (SSSR count). The summed E-state index contributed by atoms with van der Waals surface area (Å²) in [4.78, 5) is 28.4. The number of carbonyl (C=O) groups is 2. The van der Waals surface area contributed by atoms with Crippen LogP contribution in [0.15, 0.2) is 90.0 Å². The van der Waals surface area contributed by atoms with Crippen molar-refractivity contribution in [3.8, 4) is 11.3 Å². The van der Waals surface area contributed by atoms with E-state index in [4.69, 9.17) is 9.90 Å². The third-order valence-corrected chi connectivity index (χ3v) is 11.5. The van der Waals surface area contributed by atoms with Gasteiger partial charge in [-0.3, -0.25) is 4.79 Å². The van der Waals surface area contributed by atoms with E-state index in [9.17, 15) is 48.0 Å². The zero-order chi connectivity index (χ0) is 38.9. The largest absolute Gasteiger partial charge is 0.490 e. The number of nitrogens with one attached hydrogen (secondary N) is 2. The van der Waals surface area contributed by atoms with Gasteiger partial charge in [0, 0.05) is 0 Å². The summed E-state index contributed by atoms with van der Waals surface area (Å²) in [5, 5.41) is 6.06. The Morgan fingerprint density at radius 3 is 2.10 bits per heavy atom. The SMILES string of the molecule is CC(C)(C)N1C(=O)CC(c2ccc(CC(NS(=O)(=O)c3cccc(C(F)(F)F)c3)c3ncc(-c4ccccc4)[nH]3)cc2)S1(=O)=O.O=C(O)C(F)(F)F. The highest BCUT2D eigenvalue weighted by molar-refractivity contribution is 7.90. The molecule has 3 aromatic carbocycles. The van der Waals surface area contributed by atoms with Crippen LogP contribution in [0, 0.1) is 0 Å². The summed E-state index contributed by atoms with van der Waals surface area (Å²) >= 11 is 0. The molecule has 2 atom stereocenters. The minimum absolute atomic E-state index is 0.0185. The van der Waals surface area contributed by atoms with Gasteiger partial charge in [0.25, 0.3) is 0 Å². The molecule has 3 N–H and O–H groups in total. The summed E-state index contributed by atoms with van der Waals surface area (Å²) in [5.74, 6) is -3.03. The maximum Gasteiger partial charge on any atom is 0.490 e.